The summed E-state index contributed by atoms with van der Waals surface area (Å²) in [6.07, 6.45) is 0.747. The lowest BCUT2D eigenvalue weighted by Crippen LogP contribution is -2.54. The minimum absolute atomic E-state index is 0. The maximum absolute atomic E-state index is 13.8. The van der Waals surface area contributed by atoms with E-state index in [-0.39, 0.29) is 35.3 Å². The van der Waals surface area contributed by atoms with E-state index in [1.165, 1.54) is 12.1 Å². The van der Waals surface area contributed by atoms with Gasteiger partial charge in [-0.25, -0.2) is 4.39 Å². The number of halogens is 3. The zero-order valence-electron chi connectivity index (χ0n) is 11.5. The van der Waals surface area contributed by atoms with Crippen LogP contribution in [0, 0.1) is 11.2 Å². The third-order valence-corrected chi connectivity index (χ3v) is 4.25. The molecule has 0 aromatic heterocycles. The van der Waals surface area contributed by atoms with E-state index in [1.807, 2.05) is 13.8 Å². The molecule has 1 atom stereocenters. The number of nitrogens with two attached hydrogens (primary N) is 1. The Kier molecular flexibility index (Phi) is 5.58. The van der Waals surface area contributed by atoms with Crippen LogP contribution in [0.3, 0.4) is 0 Å². The summed E-state index contributed by atoms with van der Waals surface area (Å²) in [4.78, 5) is 14.0. The molecular weight excluding hydrogens is 347 g/mol. The fraction of sp³-hybridized carbons (Fsp3) is 0.500. The number of hydrogen-bond donors (Lipinski definition) is 1. The molecule has 1 saturated heterocycles. The summed E-state index contributed by atoms with van der Waals surface area (Å²) in [5.41, 5.74) is 6.03. The maximum Gasteiger partial charge on any atom is 0.256 e. The van der Waals surface area contributed by atoms with Gasteiger partial charge in [0.05, 0.1) is 5.56 Å². The zero-order chi connectivity index (χ0) is 14.2. The molecule has 0 aliphatic carbocycles. The number of hydrogen-bond acceptors (Lipinski definition) is 2. The quantitative estimate of drug-likeness (QED) is 0.830. The summed E-state index contributed by atoms with van der Waals surface area (Å²) in [6.45, 7) is 5.21. The molecule has 1 fully saturated rings. The van der Waals surface area contributed by atoms with E-state index in [4.69, 9.17) is 5.73 Å². The molecule has 0 spiro atoms. The first-order valence-electron chi connectivity index (χ1n) is 6.31. The molecule has 0 bridgehead atoms. The molecule has 1 heterocycles. The van der Waals surface area contributed by atoms with Crippen molar-refractivity contribution in [3.05, 3.63) is 34.1 Å². The molecule has 2 rings (SSSR count). The number of benzene rings is 1. The van der Waals surface area contributed by atoms with Crippen molar-refractivity contribution in [2.24, 2.45) is 11.1 Å². The summed E-state index contributed by atoms with van der Waals surface area (Å²) in [5, 5.41) is 0. The molecule has 1 aromatic rings. The topological polar surface area (TPSA) is 46.3 Å². The van der Waals surface area contributed by atoms with Gasteiger partial charge in [-0.05, 0) is 30.0 Å². The third kappa shape index (κ3) is 3.51. The standard InChI is InChI=1S/C14H18BrFN2O.ClH/c1-14(2)8-18(6-5-12(14)17)13(19)10-4-3-9(15)7-11(10)16;/h3-4,7,12H,5-6,8,17H2,1-2H3;1H. The monoisotopic (exact) mass is 364 g/mol. The first-order chi connectivity index (χ1) is 8.81. The van der Waals surface area contributed by atoms with Crippen molar-refractivity contribution in [1.82, 2.24) is 4.90 Å². The van der Waals surface area contributed by atoms with Gasteiger partial charge in [-0.2, -0.15) is 0 Å². The average molecular weight is 366 g/mol. The molecule has 0 radical (unpaired) electrons. The second kappa shape index (κ2) is 6.41. The van der Waals surface area contributed by atoms with Crippen molar-refractivity contribution in [3.63, 3.8) is 0 Å². The predicted molar refractivity (Wildman–Crippen MR) is 83.6 cm³/mol. The van der Waals surface area contributed by atoms with Gasteiger partial charge in [-0.1, -0.05) is 29.8 Å². The summed E-state index contributed by atoms with van der Waals surface area (Å²) < 4.78 is 14.5. The number of rotatable bonds is 1. The van der Waals surface area contributed by atoms with Crippen LogP contribution in [0.25, 0.3) is 0 Å². The molecule has 6 heteroatoms. The summed E-state index contributed by atoms with van der Waals surface area (Å²) in [6, 6.07) is 4.58. The Hall–Kier alpha value is -0.650. The van der Waals surface area contributed by atoms with Crippen LogP contribution in [0.4, 0.5) is 4.39 Å². The first-order valence-corrected chi connectivity index (χ1v) is 7.10. The molecule has 112 valence electrons. The highest BCUT2D eigenvalue weighted by atomic mass is 79.9. The number of carbonyl (C=O) groups excluding carboxylic acids is 1. The Balaban J connectivity index is 0.00000200. The number of amides is 1. The normalized spacial score (nSPS) is 21.2. The fourth-order valence-corrected chi connectivity index (χ4v) is 2.71. The van der Waals surface area contributed by atoms with Gasteiger partial charge < -0.3 is 10.6 Å². The minimum atomic E-state index is -0.493. The predicted octanol–water partition coefficient (Wildman–Crippen LogP) is 3.21. The second-order valence-corrected chi connectivity index (χ2v) is 6.65. The van der Waals surface area contributed by atoms with Crippen LogP contribution in [-0.4, -0.2) is 29.9 Å². The highest BCUT2D eigenvalue weighted by Crippen LogP contribution is 2.29. The van der Waals surface area contributed by atoms with Gasteiger partial charge >= 0.3 is 0 Å². The molecule has 1 aliphatic heterocycles. The molecule has 3 nitrogen and oxygen atoms in total. The van der Waals surface area contributed by atoms with Gasteiger partial charge in [0, 0.05) is 23.6 Å². The van der Waals surface area contributed by atoms with Crippen LogP contribution in [0.5, 0.6) is 0 Å². The third-order valence-electron chi connectivity index (χ3n) is 3.76. The number of piperidine rings is 1. The van der Waals surface area contributed by atoms with Crippen LogP contribution in [0.2, 0.25) is 0 Å². The Morgan fingerprint density at radius 1 is 1.50 bits per heavy atom. The van der Waals surface area contributed by atoms with Crippen LogP contribution in [0.15, 0.2) is 22.7 Å². The van der Waals surface area contributed by atoms with Crippen molar-refractivity contribution >= 4 is 34.2 Å². The van der Waals surface area contributed by atoms with Gasteiger partial charge in [0.1, 0.15) is 5.82 Å². The van der Waals surface area contributed by atoms with Crippen LogP contribution in [-0.2, 0) is 0 Å². The Labute approximate surface area is 133 Å². The highest BCUT2D eigenvalue weighted by Gasteiger charge is 2.36. The lowest BCUT2D eigenvalue weighted by atomic mass is 9.79. The second-order valence-electron chi connectivity index (χ2n) is 5.73. The van der Waals surface area contributed by atoms with E-state index >= 15 is 0 Å². The van der Waals surface area contributed by atoms with Crippen molar-refractivity contribution in [3.8, 4) is 0 Å². The van der Waals surface area contributed by atoms with Gasteiger partial charge in [0.25, 0.3) is 5.91 Å². The van der Waals surface area contributed by atoms with E-state index in [1.54, 1.807) is 11.0 Å². The number of carbonyl (C=O) groups is 1. The molecule has 0 saturated carbocycles. The highest BCUT2D eigenvalue weighted by molar-refractivity contribution is 9.10. The number of nitrogens with zero attached hydrogens (tertiary/aromatic N) is 1. The van der Waals surface area contributed by atoms with Crippen LogP contribution < -0.4 is 5.73 Å². The smallest absolute Gasteiger partial charge is 0.256 e. The van der Waals surface area contributed by atoms with Gasteiger partial charge in [-0.3, -0.25) is 4.79 Å². The number of likely N-dealkylation sites (tertiary alicyclic amines) is 1. The van der Waals surface area contributed by atoms with E-state index < -0.39 is 5.82 Å². The van der Waals surface area contributed by atoms with Crippen molar-refractivity contribution in [2.45, 2.75) is 26.3 Å². The Morgan fingerprint density at radius 2 is 2.15 bits per heavy atom. The SMILES string of the molecule is CC1(C)CN(C(=O)c2ccc(Br)cc2F)CCC1N.Cl. The van der Waals surface area contributed by atoms with Crippen molar-refractivity contribution in [1.29, 1.82) is 0 Å². The zero-order valence-corrected chi connectivity index (χ0v) is 13.9. The molecule has 2 N–H and O–H groups in total. The van der Waals surface area contributed by atoms with E-state index in [0.717, 1.165) is 6.42 Å². The van der Waals surface area contributed by atoms with Crippen molar-refractivity contribution in [2.75, 3.05) is 13.1 Å². The Morgan fingerprint density at radius 3 is 2.70 bits per heavy atom. The summed E-state index contributed by atoms with van der Waals surface area (Å²) >= 11 is 3.19. The van der Waals surface area contributed by atoms with Gasteiger partial charge in [0.15, 0.2) is 0 Å². The molecular formula is C14H19BrClFN2O. The maximum atomic E-state index is 13.8. The van der Waals surface area contributed by atoms with Crippen LogP contribution in [0.1, 0.15) is 30.6 Å². The average Bonchev–Trinajstić information content (AvgIpc) is 2.32. The molecule has 1 unspecified atom stereocenters. The van der Waals surface area contributed by atoms with Crippen LogP contribution >= 0.6 is 28.3 Å². The van der Waals surface area contributed by atoms with E-state index in [0.29, 0.717) is 17.6 Å². The van der Waals surface area contributed by atoms with Crippen molar-refractivity contribution < 1.29 is 9.18 Å². The first kappa shape index (κ1) is 17.4. The summed E-state index contributed by atoms with van der Waals surface area (Å²) in [5.74, 6) is -0.753. The van der Waals surface area contributed by atoms with Gasteiger partial charge in [0.2, 0.25) is 0 Å². The van der Waals surface area contributed by atoms with E-state index in [2.05, 4.69) is 15.9 Å². The minimum Gasteiger partial charge on any atom is -0.338 e. The largest absolute Gasteiger partial charge is 0.338 e. The van der Waals surface area contributed by atoms with Gasteiger partial charge in [-0.15, -0.1) is 12.4 Å². The molecule has 20 heavy (non-hydrogen) atoms. The summed E-state index contributed by atoms with van der Waals surface area (Å²) in [7, 11) is 0. The Bertz CT molecular complexity index is 510. The molecule has 1 aliphatic rings. The lowest BCUT2D eigenvalue weighted by Gasteiger charge is -2.42. The molecule has 1 aromatic carbocycles. The molecule has 1 amide bonds. The lowest BCUT2D eigenvalue weighted by molar-refractivity contribution is 0.0528. The van der Waals surface area contributed by atoms with E-state index in [9.17, 15) is 9.18 Å². The fourth-order valence-electron chi connectivity index (χ4n) is 2.38.